The third kappa shape index (κ3) is 7.75. The van der Waals surface area contributed by atoms with Gasteiger partial charge in [-0.3, -0.25) is 9.59 Å². The van der Waals surface area contributed by atoms with Crippen molar-refractivity contribution in [2.75, 3.05) is 7.05 Å². The van der Waals surface area contributed by atoms with Gasteiger partial charge in [0.05, 0.1) is 4.77 Å². The average Bonchev–Trinajstić information content (AvgIpc) is 2.97. The fourth-order valence-corrected chi connectivity index (χ4v) is 8.95. The van der Waals surface area contributed by atoms with Crippen molar-refractivity contribution in [3.05, 3.63) is 137 Å². The molecule has 4 aromatic carbocycles. The van der Waals surface area contributed by atoms with Crippen molar-refractivity contribution in [2.45, 2.75) is 0 Å². The Morgan fingerprint density at radius 3 is 1.30 bits per heavy atom. The van der Waals surface area contributed by atoms with Gasteiger partial charge in [0.15, 0.2) is 0 Å². The molecule has 0 spiro atoms. The first-order chi connectivity index (χ1) is 19.1. The molecule has 1 radical (unpaired) electrons. The number of hydrogen-bond donors (Lipinski definition) is 2. The van der Waals surface area contributed by atoms with Gasteiger partial charge in [-0.15, -0.1) is 10.2 Å². The van der Waals surface area contributed by atoms with Crippen molar-refractivity contribution in [1.82, 2.24) is 10.6 Å². The first-order valence-corrected chi connectivity index (χ1v) is 15.2. The SMILES string of the molecule is CNC(=O)/C(NC(=O)c1ccccc1)=C(/Cl)[P](c1ccccc1)(c1ccccc1)c1ccccc1.[O-][Cl+3]([O-])([O-])[O-]. The lowest BCUT2D eigenvalue weighted by atomic mass is 10.2. The number of hydrogen-bond acceptors (Lipinski definition) is 6. The number of amides is 2. The van der Waals surface area contributed by atoms with Crippen LogP contribution >= 0.6 is 18.9 Å². The quantitative estimate of drug-likeness (QED) is 0.222. The van der Waals surface area contributed by atoms with Crippen LogP contribution in [0.2, 0.25) is 0 Å². The topological polar surface area (TPSA) is 150 Å². The Bertz CT molecular complexity index is 1330. The number of carbonyl (C=O) groups is 2. The van der Waals surface area contributed by atoms with E-state index in [0.29, 0.717) is 10.3 Å². The van der Waals surface area contributed by atoms with Crippen molar-refractivity contribution in [1.29, 1.82) is 0 Å². The highest BCUT2D eigenvalue weighted by Gasteiger charge is 2.40. The third-order valence-corrected chi connectivity index (χ3v) is 10.6. The van der Waals surface area contributed by atoms with Crippen LogP contribution in [0.1, 0.15) is 10.4 Å². The Kier molecular flexibility index (Phi) is 11.0. The van der Waals surface area contributed by atoms with Crippen molar-refractivity contribution >= 4 is 46.6 Å². The second-order valence-corrected chi connectivity index (χ2v) is 12.9. The maximum Gasteiger partial charge on any atom is 0.269 e. The van der Waals surface area contributed by atoms with Crippen LogP contribution in [0.4, 0.5) is 0 Å². The first kappa shape index (κ1) is 30.9. The Hall–Kier alpha value is -3.59. The smallest absolute Gasteiger partial charge is 0.269 e. The molecule has 8 nitrogen and oxygen atoms in total. The minimum absolute atomic E-state index is 0.0351. The molecule has 0 heterocycles. The van der Waals surface area contributed by atoms with E-state index >= 15 is 0 Å². The molecular formula is C29H25Cl2N2O6P-. The molecule has 0 atom stereocenters. The highest BCUT2D eigenvalue weighted by Crippen LogP contribution is 2.64. The summed E-state index contributed by atoms with van der Waals surface area (Å²) >= 11 is 7.33. The third-order valence-electron chi connectivity index (χ3n) is 5.66. The molecule has 4 rings (SSSR count). The second-order valence-electron chi connectivity index (χ2n) is 8.12. The van der Waals surface area contributed by atoms with Gasteiger partial charge in [0, 0.05) is 12.6 Å². The maximum absolute atomic E-state index is 13.2. The number of rotatable bonds is 7. The summed E-state index contributed by atoms with van der Waals surface area (Å²) in [6.07, 6.45) is 0. The molecule has 11 heteroatoms. The van der Waals surface area contributed by atoms with E-state index < -0.39 is 29.3 Å². The molecule has 0 aromatic heterocycles. The van der Waals surface area contributed by atoms with E-state index in [1.165, 1.54) is 7.05 Å². The Labute approximate surface area is 239 Å². The number of nitrogens with one attached hydrogen (secondary N) is 2. The summed E-state index contributed by atoms with van der Waals surface area (Å²) in [7, 11) is -6.17. The lowest BCUT2D eigenvalue weighted by Gasteiger charge is -2.38. The van der Waals surface area contributed by atoms with Gasteiger partial charge in [-0.25, -0.2) is 18.6 Å². The van der Waals surface area contributed by atoms with Gasteiger partial charge in [-0.05, 0) is 35.3 Å². The number of halogens is 2. The van der Waals surface area contributed by atoms with Crippen LogP contribution in [0.15, 0.2) is 132 Å². The molecule has 0 fully saturated rings. The van der Waals surface area contributed by atoms with E-state index in [4.69, 9.17) is 30.2 Å². The number of benzene rings is 4. The van der Waals surface area contributed by atoms with Gasteiger partial charge < -0.3 is 10.6 Å². The maximum atomic E-state index is 13.2. The van der Waals surface area contributed by atoms with Gasteiger partial charge in [-0.2, -0.15) is 0 Å². The molecule has 2 amide bonds. The minimum Gasteiger partial charge on any atom is -0.354 e. The van der Waals surface area contributed by atoms with Gasteiger partial charge in [-0.1, -0.05) is 121 Å². The molecule has 0 aliphatic carbocycles. The lowest BCUT2D eigenvalue weighted by molar-refractivity contribution is -2.00. The highest BCUT2D eigenvalue weighted by molar-refractivity contribution is 8.00. The largest absolute Gasteiger partial charge is 0.354 e. The molecule has 0 aliphatic heterocycles. The number of carbonyl (C=O) groups excluding carboxylic acids is 2. The van der Waals surface area contributed by atoms with Gasteiger partial charge in [0.1, 0.15) is 5.70 Å². The van der Waals surface area contributed by atoms with Crippen LogP contribution in [-0.2, 0) is 4.79 Å². The summed E-state index contributed by atoms with van der Waals surface area (Å²) in [5, 5.41) is 8.38. The van der Waals surface area contributed by atoms with Crippen molar-refractivity contribution in [3.8, 4) is 0 Å². The standard InChI is InChI=1S/C29H25ClN2O2P.ClHO4/c1-31-29(34)26(32-28(33)22-14-6-2-7-15-22)27(30)35(23-16-8-3-9-17-23,24-18-10-4-11-19-24)25-20-12-5-13-21-25;2-1(3,4)5/h2-21H,1H3,(H,31,34)(H,32,33);(H,2,3,4,5)/p-1/b27-26+;. The molecule has 0 aliphatic rings. The summed E-state index contributed by atoms with van der Waals surface area (Å²) in [6.45, 7) is 0. The molecule has 0 saturated heterocycles. The fraction of sp³-hybridized carbons (Fsp3) is 0.0345. The molecule has 0 unspecified atom stereocenters. The van der Waals surface area contributed by atoms with Crippen LogP contribution in [0.25, 0.3) is 0 Å². The predicted octanol–water partition coefficient (Wildman–Crippen LogP) is -0.192. The van der Waals surface area contributed by atoms with Crippen molar-refractivity contribution < 1.29 is 38.5 Å². The predicted molar refractivity (Wildman–Crippen MR) is 146 cm³/mol. The second kappa shape index (κ2) is 14.2. The van der Waals surface area contributed by atoms with E-state index in [1.54, 1.807) is 24.3 Å². The summed E-state index contributed by atoms with van der Waals surface area (Å²) in [6, 6.07) is 38.5. The molecular weight excluding hydrogens is 574 g/mol. The lowest BCUT2D eigenvalue weighted by Crippen LogP contribution is -2.68. The number of likely N-dealkylation sites (N-methyl/N-ethyl adjacent to an activating group) is 1. The first-order valence-electron chi connectivity index (χ1n) is 11.8. The van der Waals surface area contributed by atoms with E-state index in [2.05, 4.69) is 10.6 Å². The zero-order chi connectivity index (χ0) is 29.2. The van der Waals surface area contributed by atoms with Crippen LogP contribution in [0.5, 0.6) is 0 Å². The molecule has 0 saturated carbocycles. The molecule has 0 bridgehead atoms. The van der Waals surface area contributed by atoms with Crippen LogP contribution in [0, 0.1) is 10.2 Å². The Morgan fingerprint density at radius 2 is 0.975 bits per heavy atom. The average molecular weight is 599 g/mol. The summed E-state index contributed by atoms with van der Waals surface area (Å²) in [5.41, 5.74) is 0.467. The van der Waals surface area contributed by atoms with Crippen LogP contribution < -0.4 is 45.2 Å². The fourth-order valence-electron chi connectivity index (χ4n) is 4.01. The molecule has 207 valence electrons. The summed E-state index contributed by atoms with van der Waals surface area (Å²) in [4.78, 5) is 26.4. The van der Waals surface area contributed by atoms with E-state index in [1.807, 2.05) is 97.1 Å². The van der Waals surface area contributed by atoms with Crippen molar-refractivity contribution in [3.63, 3.8) is 0 Å². The monoisotopic (exact) mass is 598 g/mol. The summed E-state index contributed by atoms with van der Waals surface area (Å²) < 4.78 is 34.3. The minimum atomic E-state index is -4.94. The van der Waals surface area contributed by atoms with Gasteiger partial charge >= 0.3 is 0 Å². The Balaban J connectivity index is 0.000000810. The van der Waals surface area contributed by atoms with Gasteiger partial charge in [0.25, 0.3) is 11.8 Å². The zero-order valence-electron chi connectivity index (χ0n) is 21.2. The van der Waals surface area contributed by atoms with Crippen LogP contribution in [0.3, 0.4) is 0 Å². The van der Waals surface area contributed by atoms with E-state index in [0.717, 1.165) is 15.9 Å². The zero-order valence-corrected chi connectivity index (χ0v) is 23.6. The van der Waals surface area contributed by atoms with Crippen LogP contribution in [-0.4, -0.2) is 18.9 Å². The van der Waals surface area contributed by atoms with E-state index in [9.17, 15) is 9.59 Å². The van der Waals surface area contributed by atoms with E-state index in [-0.39, 0.29) is 5.70 Å². The Morgan fingerprint density at radius 1 is 0.650 bits per heavy atom. The highest BCUT2D eigenvalue weighted by atomic mass is 35.7. The molecule has 2 N–H and O–H groups in total. The van der Waals surface area contributed by atoms with Crippen molar-refractivity contribution in [2.24, 2.45) is 0 Å². The summed E-state index contributed by atoms with van der Waals surface area (Å²) in [5.74, 6) is -0.874. The van der Waals surface area contributed by atoms with Gasteiger partial charge in [0.2, 0.25) is 0 Å². The molecule has 40 heavy (non-hydrogen) atoms. The molecule has 4 aromatic rings. The normalized spacial score (nSPS) is 11.8.